The standard InChI is InChI=1S/C21H21NO6S/c1-4-18(22-29(25,26)16-8-5-13(2)6-9-16)21(24)27-15-7-10-17-14(3)11-20(23)28-19(17)12-15/h5-12,18,22H,4H2,1-3H3/t18-/m0/s1. The van der Waals surface area contributed by atoms with Crippen molar-refractivity contribution in [3.05, 3.63) is 70.1 Å². The number of hydrogen-bond donors (Lipinski definition) is 1. The summed E-state index contributed by atoms with van der Waals surface area (Å²) in [6.45, 7) is 5.30. The van der Waals surface area contributed by atoms with Gasteiger partial charge in [-0.1, -0.05) is 24.6 Å². The number of rotatable bonds is 6. The predicted octanol–water partition coefficient (Wildman–Crippen LogP) is 3.07. The predicted molar refractivity (Wildman–Crippen MR) is 108 cm³/mol. The molecule has 0 aliphatic carbocycles. The highest BCUT2D eigenvalue weighted by Gasteiger charge is 2.26. The summed E-state index contributed by atoms with van der Waals surface area (Å²) in [5.41, 5.74) is 1.45. The number of hydrogen-bond acceptors (Lipinski definition) is 6. The second-order valence-electron chi connectivity index (χ2n) is 6.72. The van der Waals surface area contributed by atoms with Crippen LogP contribution in [0.5, 0.6) is 5.75 Å². The molecule has 7 nitrogen and oxygen atoms in total. The molecule has 0 aliphatic rings. The molecular formula is C21H21NO6S. The minimum atomic E-state index is -3.88. The zero-order chi connectivity index (χ0) is 21.2. The van der Waals surface area contributed by atoms with Gasteiger partial charge in [0.15, 0.2) is 0 Å². The Morgan fingerprint density at radius 3 is 2.45 bits per heavy atom. The van der Waals surface area contributed by atoms with Gasteiger partial charge in [0.05, 0.1) is 4.90 Å². The first kappa shape index (κ1) is 20.8. The molecule has 0 radical (unpaired) electrons. The lowest BCUT2D eigenvalue weighted by Crippen LogP contribution is -2.42. The number of ether oxygens (including phenoxy) is 1. The number of sulfonamides is 1. The Morgan fingerprint density at radius 2 is 1.79 bits per heavy atom. The molecule has 0 amide bonds. The third-order valence-corrected chi connectivity index (χ3v) is 5.95. The molecule has 1 aromatic heterocycles. The maximum absolute atomic E-state index is 12.6. The number of carbonyl (C=O) groups is 1. The Kier molecular flexibility index (Phi) is 5.86. The normalized spacial score (nSPS) is 12.7. The van der Waals surface area contributed by atoms with Crippen molar-refractivity contribution in [1.29, 1.82) is 0 Å². The average molecular weight is 415 g/mol. The highest BCUT2D eigenvalue weighted by atomic mass is 32.2. The summed E-state index contributed by atoms with van der Waals surface area (Å²) in [6, 6.07) is 11.3. The fourth-order valence-corrected chi connectivity index (χ4v) is 4.09. The number of esters is 1. The van der Waals surface area contributed by atoms with E-state index in [1.165, 1.54) is 24.3 Å². The van der Waals surface area contributed by atoms with Crippen molar-refractivity contribution >= 4 is 27.0 Å². The minimum Gasteiger partial charge on any atom is -0.425 e. The lowest BCUT2D eigenvalue weighted by Gasteiger charge is -2.16. The first-order valence-corrected chi connectivity index (χ1v) is 10.5. The Hall–Kier alpha value is -2.97. The summed E-state index contributed by atoms with van der Waals surface area (Å²) in [6.07, 6.45) is 0.200. The highest BCUT2D eigenvalue weighted by molar-refractivity contribution is 7.89. The van der Waals surface area contributed by atoms with Gasteiger partial charge in [0.1, 0.15) is 17.4 Å². The average Bonchev–Trinajstić information content (AvgIpc) is 2.66. The van der Waals surface area contributed by atoms with Gasteiger partial charge in [-0.3, -0.25) is 0 Å². The molecule has 0 aliphatic heterocycles. The van der Waals surface area contributed by atoms with Crippen LogP contribution < -0.4 is 15.1 Å². The first-order chi connectivity index (χ1) is 13.7. The Bertz CT molecular complexity index is 1210. The first-order valence-electron chi connectivity index (χ1n) is 9.05. The molecule has 1 N–H and O–H groups in total. The van der Waals surface area contributed by atoms with Crippen LogP contribution in [-0.4, -0.2) is 20.4 Å². The van der Waals surface area contributed by atoms with Gasteiger partial charge >= 0.3 is 11.6 Å². The van der Waals surface area contributed by atoms with Gasteiger partial charge in [0.25, 0.3) is 0 Å². The number of carbonyl (C=O) groups excluding carboxylic acids is 1. The van der Waals surface area contributed by atoms with Crippen LogP contribution in [0, 0.1) is 13.8 Å². The molecule has 2 aromatic carbocycles. The summed E-state index contributed by atoms with van der Waals surface area (Å²) < 4.78 is 37.9. The Balaban J connectivity index is 1.80. The van der Waals surface area contributed by atoms with Crippen molar-refractivity contribution in [3.63, 3.8) is 0 Å². The van der Waals surface area contributed by atoms with Crippen molar-refractivity contribution in [2.45, 2.75) is 38.1 Å². The summed E-state index contributed by atoms with van der Waals surface area (Å²) in [5, 5.41) is 0.719. The number of fused-ring (bicyclic) bond motifs is 1. The monoisotopic (exact) mass is 415 g/mol. The molecule has 3 rings (SSSR count). The maximum atomic E-state index is 12.6. The number of aryl methyl sites for hydroxylation is 2. The number of nitrogens with one attached hydrogen (secondary N) is 1. The van der Waals surface area contributed by atoms with Gasteiger partial charge in [-0.05, 0) is 50.1 Å². The lowest BCUT2D eigenvalue weighted by molar-refractivity contribution is -0.136. The van der Waals surface area contributed by atoms with Gasteiger partial charge in [-0.25, -0.2) is 18.0 Å². The smallest absolute Gasteiger partial charge is 0.336 e. The molecule has 0 bridgehead atoms. The molecule has 1 heterocycles. The van der Waals surface area contributed by atoms with E-state index in [2.05, 4.69) is 4.72 Å². The molecule has 0 fully saturated rings. The van der Waals surface area contributed by atoms with Crippen molar-refractivity contribution in [2.24, 2.45) is 0 Å². The van der Waals surface area contributed by atoms with Crippen LogP contribution in [0.4, 0.5) is 0 Å². The van der Waals surface area contributed by atoms with Gasteiger partial charge in [0, 0.05) is 17.5 Å². The van der Waals surface area contributed by atoms with E-state index < -0.39 is 27.7 Å². The van der Waals surface area contributed by atoms with E-state index in [9.17, 15) is 18.0 Å². The van der Waals surface area contributed by atoms with Crippen LogP contribution in [0.1, 0.15) is 24.5 Å². The van der Waals surface area contributed by atoms with Crippen LogP contribution in [0.15, 0.2) is 62.6 Å². The minimum absolute atomic E-state index is 0.0669. The molecule has 8 heteroatoms. The van der Waals surface area contributed by atoms with Gasteiger partial charge < -0.3 is 9.15 Å². The number of benzene rings is 2. The zero-order valence-electron chi connectivity index (χ0n) is 16.3. The topological polar surface area (TPSA) is 103 Å². The second-order valence-corrected chi connectivity index (χ2v) is 8.44. The van der Waals surface area contributed by atoms with Crippen LogP contribution >= 0.6 is 0 Å². The Labute approximate surface area is 168 Å². The lowest BCUT2D eigenvalue weighted by atomic mass is 10.1. The van der Waals surface area contributed by atoms with Gasteiger partial charge in [-0.2, -0.15) is 4.72 Å². The molecule has 0 unspecified atom stereocenters. The van der Waals surface area contributed by atoms with Crippen molar-refractivity contribution < 1.29 is 22.4 Å². The third kappa shape index (κ3) is 4.72. The SMILES string of the molecule is CC[C@H](NS(=O)(=O)c1ccc(C)cc1)C(=O)Oc1ccc2c(C)cc(=O)oc2c1. The van der Waals surface area contributed by atoms with Crippen LogP contribution in [-0.2, 0) is 14.8 Å². The van der Waals surface area contributed by atoms with Gasteiger partial charge in [-0.15, -0.1) is 0 Å². The van der Waals surface area contributed by atoms with E-state index in [0.717, 1.165) is 16.5 Å². The van der Waals surface area contributed by atoms with E-state index >= 15 is 0 Å². The molecule has 0 saturated heterocycles. The largest absolute Gasteiger partial charge is 0.425 e. The fraction of sp³-hybridized carbons (Fsp3) is 0.238. The van der Waals surface area contributed by atoms with Gasteiger partial charge in [0.2, 0.25) is 10.0 Å². The van der Waals surface area contributed by atoms with Crippen molar-refractivity contribution in [3.8, 4) is 5.75 Å². The van der Waals surface area contributed by atoms with Crippen molar-refractivity contribution in [2.75, 3.05) is 0 Å². The summed E-state index contributed by atoms with van der Waals surface area (Å²) in [5.74, 6) is -0.596. The van der Waals surface area contributed by atoms with Crippen molar-refractivity contribution in [1.82, 2.24) is 4.72 Å². The molecule has 1 atom stereocenters. The molecular weight excluding hydrogens is 394 g/mol. The summed E-state index contributed by atoms with van der Waals surface area (Å²) in [7, 11) is -3.88. The van der Waals surface area contributed by atoms with Crippen LogP contribution in [0.25, 0.3) is 11.0 Å². The summed E-state index contributed by atoms with van der Waals surface area (Å²) in [4.78, 5) is 24.2. The molecule has 0 saturated carbocycles. The summed E-state index contributed by atoms with van der Waals surface area (Å²) >= 11 is 0. The zero-order valence-corrected chi connectivity index (χ0v) is 17.1. The molecule has 152 valence electrons. The third-order valence-electron chi connectivity index (χ3n) is 4.46. The molecule has 29 heavy (non-hydrogen) atoms. The maximum Gasteiger partial charge on any atom is 0.336 e. The molecule has 0 spiro atoms. The second kappa shape index (κ2) is 8.18. The van der Waals surface area contributed by atoms with Crippen LogP contribution in [0.2, 0.25) is 0 Å². The highest BCUT2D eigenvalue weighted by Crippen LogP contribution is 2.23. The fourth-order valence-electron chi connectivity index (χ4n) is 2.83. The van der Waals surface area contributed by atoms with Crippen LogP contribution in [0.3, 0.4) is 0 Å². The van der Waals surface area contributed by atoms with E-state index in [-0.39, 0.29) is 22.6 Å². The Morgan fingerprint density at radius 1 is 1.10 bits per heavy atom. The molecule has 3 aromatic rings. The van der Waals surface area contributed by atoms with E-state index in [4.69, 9.17) is 9.15 Å². The van der Waals surface area contributed by atoms with E-state index in [1.54, 1.807) is 38.1 Å². The van der Waals surface area contributed by atoms with E-state index in [0.29, 0.717) is 0 Å². The quantitative estimate of drug-likeness (QED) is 0.377. The van der Waals surface area contributed by atoms with E-state index in [1.807, 2.05) is 6.92 Å².